The fourth-order valence-electron chi connectivity index (χ4n) is 2.49. The van der Waals surface area contributed by atoms with Crippen LogP contribution >= 0.6 is 11.6 Å². The molecule has 0 radical (unpaired) electrons. The normalized spacial score (nSPS) is 12.4. The summed E-state index contributed by atoms with van der Waals surface area (Å²) in [7, 11) is 0. The van der Waals surface area contributed by atoms with Gasteiger partial charge in [0.2, 0.25) is 5.82 Å². The Morgan fingerprint density at radius 3 is 2.47 bits per heavy atom. The van der Waals surface area contributed by atoms with Gasteiger partial charge in [-0.15, -0.1) is 5.10 Å². The van der Waals surface area contributed by atoms with Crippen molar-refractivity contribution in [3.05, 3.63) is 64.5 Å². The largest absolute Gasteiger partial charge is 0.416 e. The molecule has 9 nitrogen and oxygen atoms in total. The van der Waals surface area contributed by atoms with Gasteiger partial charge in [0.05, 0.1) is 11.6 Å². The number of nitrogens with two attached hydrogens (primary N) is 1. The molecule has 3 N–H and O–H groups in total. The molecule has 13 heteroatoms. The minimum absolute atomic E-state index is 0.0430. The summed E-state index contributed by atoms with van der Waals surface area (Å²) in [5.74, 6) is -2.02. The lowest BCUT2D eigenvalue weighted by Crippen LogP contribution is -2.29. The van der Waals surface area contributed by atoms with Gasteiger partial charge in [-0.25, -0.2) is 15.0 Å². The predicted octanol–water partition coefficient (Wildman–Crippen LogP) is 2.32. The first kappa shape index (κ1) is 21.2. The van der Waals surface area contributed by atoms with E-state index in [-0.39, 0.29) is 28.2 Å². The molecule has 0 saturated carbocycles. The second-order valence-electron chi connectivity index (χ2n) is 6.04. The zero-order valence-corrected chi connectivity index (χ0v) is 15.9. The Labute approximate surface area is 172 Å². The molecule has 2 aromatic heterocycles. The molecule has 0 unspecified atom stereocenters. The van der Waals surface area contributed by atoms with E-state index in [1.165, 1.54) is 19.3 Å². The molecule has 3 rings (SSSR count). The van der Waals surface area contributed by atoms with Gasteiger partial charge < -0.3 is 11.1 Å². The first-order valence-electron chi connectivity index (χ1n) is 8.29. The van der Waals surface area contributed by atoms with Crippen molar-refractivity contribution >= 4 is 23.4 Å². The predicted molar refractivity (Wildman–Crippen MR) is 97.8 cm³/mol. The van der Waals surface area contributed by atoms with Crippen molar-refractivity contribution in [3.8, 4) is 5.95 Å². The quantitative estimate of drug-likeness (QED) is 0.627. The molecule has 1 atom stereocenters. The molecule has 0 fully saturated rings. The Balaban J connectivity index is 1.93. The number of amides is 2. The molecule has 1 aromatic carbocycles. The van der Waals surface area contributed by atoms with Crippen LogP contribution in [0.15, 0.2) is 36.7 Å². The zero-order valence-electron chi connectivity index (χ0n) is 15.2. The number of hydrogen-bond donors (Lipinski definition) is 2. The van der Waals surface area contributed by atoms with Crippen LogP contribution in [-0.4, -0.2) is 36.5 Å². The topological polar surface area (TPSA) is 129 Å². The maximum absolute atomic E-state index is 13.0. The first-order chi connectivity index (χ1) is 14.1. The molecule has 2 heterocycles. The summed E-state index contributed by atoms with van der Waals surface area (Å²) in [6.45, 7) is 1.49. The SMILES string of the molecule is C[C@@H](NC(=O)c1cc(Cl)cc(C(F)(F)F)c1)c1nc(C(N)=O)nn1-c1ncccn1. The van der Waals surface area contributed by atoms with E-state index in [9.17, 15) is 22.8 Å². The third-order valence-electron chi connectivity index (χ3n) is 3.82. The number of aromatic nitrogens is 5. The van der Waals surface area contributed by atoms with Gasteiger partial charge in [-0.05, 0) is 31.2 Å². The fraction of sp³-hybridized carbons (Fsp3) is 0.176. The minimum Gasteiger partial charge on any atom is -0.363 e. The Bertz CT molecular complexity index is 1100. The van der Waals surface area contributed by atoms with Crippen LogP contribution in [-0.2, 0) is 6.18 Å². The van der Waals surface area contributed by atoms with Crippen molar-refractivity contribution in [1.29, 1.82) is 0 Å². The van der Waals surface area contributed by atoms with E-state index in [0.717, 1.165) is 10.7 Å². The maximum Gasteiger partial charge on any atom is 0.416 e. The van der Waals surface area contributed by atoms with E-state index in [4.69, 9.17) is 17.3 Å². The van der Waals surface area contributed by atoms with Crippen LogP contribution < -0.4 is 11.1 Å². The van der Waals surface area contributed by atoms with Crippen molar-refractivity contribution in [2.24, 2.45) is 5.73 Å². The third-order valence-corrected chi connectivity index (χ3v) is 4.03. The zero-order chi connectivity index (χ0) is 22.1. The molecule has 156 valence electrons. The highest BCUT2D eigenvalue weighted by molar-refractivity contribution is 6.31. The summed E-state index contributed by atoms with van der Waals surface area (Å²) in [5.41, 5.74) is 3.84. The maximum atomic E-state index is 13.0. The van der Waals surface area contributed by atoms with Crippen molar-refractivity contribution < 1.29 is 22.8 Å². The Morgan fingerprint density at radius 1 is 1.20 bits per heavy atom. The van der Waals surface area contributed by atoms with Gasteiger partial charge in [-0.1, -0.05) is 11.6 Å². The van der Waals surface area contributed by atoms with Gasteiger partial charge in [0.1, 0.15) is 0 Å². The highest BCUT2D eigenvalue weighted by Crippen LogP contribution is 2.32. The van der Waals surface area contributed by atoms with Crippen LogP contribution in [0, 0.1) is 0 Å². The summed E-state index contributed by atoms with van der Waals surface area (Å²) in [5, 5.41) is 6.16. The summed E-state index contributed by atoms with van der Waals surface area (Å²) in [6, 6.07) is 3.13. The number of carbonyl (C=O) groups excluding carboxylic acids is 2. The molecule has 0 aliphatic heterocycles. The summed E-state index contributed by atoms with van der Waals surface area (Å²) < 4.78 is 40.1. The fourth-order valence-corrected chi connectivity index (χ4v) is 2.72. The number of nitrogens with zero attached hydrogens (tertiary/aromatic N) is 5. The number of alkyl halides is 3. The van der Waals surface area contributed by atoms with Crippen molar-refractivity contribution in [1.82, 2.24) is 30.0 Å². The van der Waals surface area contributed by atoms with Crippen molar-refractivity contribution in [2.45, 2.75) is 19.1 Å². The van der Waals surface area contributed by atoms with Gasteiger partial charge in [0, 0.05) is 23.0 Å². The molecule has 0 spiro atoms. The number of carbonyl (C=O) groups is 2. The molecular formula is C17H13ClF3N7O2. The van der Waals surface area contributed by atoms with Crippen LogP contribution in [0.25, 0.3) is 5.95 Å². The van der Waals surface area contributed by atoms with Gasteiger partial charge in [-0.3, -0.25) is 9.59 Å². The van der Waals surface area contributed by atoms with Crippen LogP contribution in [0.1, 0.15) is 45.3 Å². The summed E-state index contributed by atoms with van der Waals surface area (Å²) in [4.78, 5) is 36.0. The Hall–Kier alpha value is -3.54. The molecule has 0 aliphatic rings. The summed E-state index contributed by atoms with van der Waals surface area (Å²) >= 11 is 5.72. The average Bonchev–Trinajstić information content (AvgIpc) is 3.13. The molecule has 0 aliphatic carbocycles. The Morgan fingerprint density at radius 2 is 1.87 bits per heavy atom. The Kier molecular flexibility index (Phi) is 5.69. The van der Waals surface area contributed by atoms with E-state index < -0.39 is 29.6 Å². The van der Waals surface area contributed by atoms with E-state index in [2.05, 4.69) is 25.4 Å². The number of rotatable bonds is 5. The van der Waals surface area contributed by atoms with Crippen molar-refractivity contribution in [2.75, 3.05) is 0 Å². The summed E-state index contributed by atoms with van der Waals surface area (Å²) in [6.07, 6.45) is -1.83. The molecule has 3 aromatic rings. The third kappa shape index (κ3) is 4.54. The van der Waals surface area contributed by atoms with Gasteiger partial charge in [0.15, 0.2) is 5.82 Å². The number of primary amides is 1. The van der Waals surface area contributed by atoms with E-state index in [1.54, 1.807) is 6.07 Å². The lowest BCUT2D eigenvalue weighted by molar-refractivity contribution is -0.137. The second-order valence-corrected chi connectivity index (χ2v) is 6.48. The van der Waals surface area contributed by atoms with Crippen molar-refractivity contribution in [3.63, 3.8) is 0 Å². The average molecular weight is 440 g/mol. The first-order valence-corrected chi connectivity index (χ1v) is 8.67. The number of benzene rings is 1. The van der Waals surface area contributed by atoms with E-state index in [1.807, 2.05) is 0 Å². The second kappa shape index (κ2) is 8.06. The molecule has 2 amide bonds. The number of nitrogens with one attached hydrogen (secondary N) is 1. The van der Waals surface area contributed by atoms with Crippen LogP contribution in [0.2, 0.25) is 5.02 Å². The number of halogens is 4. The molecule has 0 saturated heterocycles. The van der Waals surface area contributed by atoms with E-state index in [0.29, 0.717) is 12.1 Å². The molecular weight excluding hydrogens is 427 g/mol. The highest BCUT2D eigenvalue weighted by Gasteiger charge is 2.32. The smallest absolute Gasteiger partial charge is 0.363 e. The molecule has 0 bridgehead atoms. The van der Waals surface area contributed by atoms with E-state index >= 15 is 0 Å². The van der Waals surface area contributed by atoms with Gasteiger partial charge in [0.25, 0.3) is 17.8 Å². The standard InChI is InChI=1S/C17H13ClF3N7O2/c1-8(25-15(30)9-5-10(17(19,20)21)7-11(18)6-9)14-26-13(12(22)29)27-28(14)16-23-3-2-4-24-16/h2-8H,1H3,(H2,22,29)(H,25,30)/t8-/m1/s1. The van der Waals surface area contributed by atoms with Crippen LogP contribution in [0.4, 0.5) is 13.2 Å². The lowest BCUT2D eigenvalue weighted by Gasteiger charge is -2.15. The minimum atomic E-state index is -4.67. The van der Waals surface area contributed by atoms with Gasteiger partial charge in [-0.2, -0.15) is 17.9 Å². The highest BCUT2D eigenvalue weighted by atomic mass is 35.5. The van der Waals surface area contributed by atoms with Crippen LogP contribution in [0.5, 0.6) is 0 Å². The monoisotopic (exact) mass is 439 g/mol. The van der Waals surface area contributed by atoms with Crippen LogP contribution in [0.3, 0.4) is 0 Å². The van der Waals surface area contributed by atoms with Gasteiger partial charge >= 0.3 is 6.18 Å². The molecule has 30 heavy (non-hydrogen) atoms. The lowest BCUT2D eigenvalue weighted by atomic mass is 10.1. The number of hydrogen-bond acceptors (Lipinski definition) is 6.